The molecule has 7 atom stereocenters. The molecule has 1 aliphatic heterocycles. The van der Waals surface area contributed by atoms with E-state index in [2.05, 4.69) is 30.9 Å². The third kappa shape index (κ3) is 2.74. The van der Waals surface area contributed by atoms with Gasteiger partial charge >= 0.3 is 0 Å². The molecule has 1 saturated heterocycles. The molecule has 154 valence electrons. The van der Waals surface area contributed by atoms with Gasteiger partial charge in [0.15, 0.2) is 0 Å². The van der Waals surface area contributed by atoms with Crippen LogP contribution >= 0.6 is 0 Å². The number of carbonyl (C=O) groups excluding carboxylic acids is 1. The molecule has 1 N–H and O–H groups in total. The normalized spacial score (nSPS) is 49.6. The molecule has 0 bridgehead atoms. The van der Waals surface area contributed by atoms with Gasteiger partial charge in [0.05, 0.1) is 5.71 Å². The van der Waals surface area contributed by atoms with Crippen LogP contribution in [0.1, 0.15) is 71.6 Å². The summed E-state index contributed by atoms with van der Waals surface area (Å²) in [6.45, 7) is 11.3. The molecule has 4 nitrogen and oxygen atoms in total. The maximum Gasteiger partial charge on any atom is 0.141 e. The van der Waals surface area contributed by atoms with Crippen LogP contribution in [0.2, 0.25) is 0 Å². The van der Waals surface area contributed by atoms with E-state index in [1.165, 1.54) is 24.1 Å². The highest BCUT2D eigenvalue weighted by molar-refractivity contribution is 5.87. The van der Waals surface area contributed by atoms with Crippen LogP contribution < -0.4 is 5.32 Å². The van der Waals surface area contributed by atoms with Crippen molar-refractivity contribution >= 4 is 11.5 Å². The highest BCUT2D eigenvalue weighted by Crippen LogP contribution is 2.66. The van der Waals surface area contributed by atoms with Crippen LogP contribution in [0.25, 0.3) is 0 Å². The van der Waals surface area contributed by atoms with Gasteiger partial charge in [-0.05, 0) is 80.6 Å². The number of allylic oxidation sites excluding steroid dienone is 1. The van der Waals surface area contributed by atoms with Crippen LogP contribution in [0.4, 0.5) is 0 Å². The zero-order chi connectivity index (χ0) is 19.5. The molecule has 4 saturated carbocycles. The molecule has 0 radical (unpaired) electrons. The lowest BCUT2D eigenvalue weighted by atomic mass is 9.44. The number of hydrogen-bond donors (Lipinski definition) is 1. The largest absolute Gasteiger partial charge is 0.391 e. The lowest BCUT2D eigenvalue weighted by molar-refractivity contribution is -0.134. The number of hydrogen-bond acceptors (Lipinski definition) is 4. The number of ketones is 1. The van der Waals surface area contributed by atoms with E-state index in [9.17, 15) is 4.79 Å². The third-order valence-electron chi connectivity index (χ3n) is 9.52. The Bertz CT molecular complexity index is 709. The number of oxime groups is 1. The molecule has 5 aliphatic rings. The highest BCUT2D eigenvalue weighted by atomic mass is 16.6. The topological polar surface area (TPSA) is 50.7 Å². The van der Waals surface area contributed by atoms with Gasteiger partial charge < -0.3 is 10.2 Å². The molecule has 1 heterocycles. The van der Waals surface area contributed by atoms with Gasteiger partial charge in [-0.3, -0.25) is 4.79 Å². The molecule has 0 aromatic heterocycles. The first-order valence-electron chi connectivity index (χ1n) is 11.5. The fourth-order valence-electron chi connectivity index (χ4n) is 7.77. The van der Waals surface area contributed by atoms with Crippen LogP contribution in [0.15, 0.2) is 17.3 Å². The molecule has 0 amide bonds. The Morgan fingerprint density at radius 2 is 1.96 bits per heavy atom. The van der Waals surface area contributed by atoms with E-state index in [0.717, 1.165) is 64.0 Å². The second-order valence-corrected chi connectivity index (χ2v) is 10.8. The van der Waals surface area contributed by atoms with E-state index < -0.39 is 0 Å². The van der Waals surface area contributed by atoms with Crippen molar-refractivity contribution in [1.29, 1.82) is 0 Å². The lowest BCUT2D eigenvalue weighted by Crippen LogP contribution is -2.54. The van der Waals surface area contributed by atoms with Gasteiger partial charge in [-0.15, -0.1) is 0 Å². The first kappa shape index (κ1) is 18.8. The molecule has 0 spiro atoms. The molecular weight excluding hydrogens is 348 g/mol. The molecule has 4 aliphatic carbocycles. The summed E-state index contributed by atoms with van der Waals surface area (Å²) in [5.74, 6) is 3.06. The molecule has 4 heteroatoms. The second-order valence-electron chi connectivity index (χ2n) is 10.8. The van der Waals surface area contributed by atoms with E-state index >= 15 is 0 Å². The molecule has 5 unspecified atom stereocenters. The number of Topliss-reactive ketones (excluding diaryl/α,β-unsaturated/α-hetero) is 1. The van der Waals surface area contributed by atoms with E-state index in [0.29, 0.717) is 29.0 Å². The van der Waals surface area contributed by atoms with Crippen molar-refractivity contribution in [2.75, 3.05) is 13.1 Å². The predicted molar refractivity (Wildman–Crippen MR) is 111 cm³/mol. The van der Waals surface area contributed by atoms with Crippen LogP contribution in [0.5, 0.6) is 0 Å². The number of nitrogens with one attached hydrogen (secondary N) is 1. The fraction of sp³-hybridized carbons (Fsp3) is 0.833. The Morgan fingerprint density at radius 3 is 2.75 bits per heavy atom. The molecule has 5 rings (SSSR count). The Kier molecular flexibility index (Phi) is 4.50. The minimum atomic E-state index is -0.0465. The zero-order valence-corrected chi connectivity index (χ0v) is 17.6. The standard InChI is InChI=1S/C24H36N2O2/c1-15-12-18-19-4-5-22(27)24(19,3)10-7-20(18)23(2)9-6-16(13-21(15)23)26-28-17-8-11-25-14-17/h17-21,25H,1,4-14H2,2-3H3/t17?,18?,19?,20?,21?,23-,24+/m1/s1. The summed E-state index contributed by atoms with van der Waals surface area (Å²) in [6, 6.07) is 0. The summed E-state index contributed by atoms with van der Waals surface area (Å²) in [5.41, 5.74) is 2.93. The molecule has 0 aromatic carbocycles. The van der Waals surface area contributed by atoms with Crippen molar-refractivity contribution in [2.45, 2.75) is 77.7 Å². The molecule has 5 fully saturated rings. The number of nitrogens with zero attached hydrogens (tertiary/aromatic N) is 1. The van der Waals surface area contributed by atoms with Crippen LogP contribution in [0, 0.1) is 34.5 Å². The summed E-state index contributed by atoms with van der Waals surface area (Å²) in [6.07, 6.45) is 9.96. The van der Waals surface area contributed by atoms with Crippen LogP contribution in [-0.2, 0) is 9.63 Å². The minimum absolute atomic E-state index is 0.0465. The van der Waals surface area contributed by atoms with Crippen molar-refractivity contribution in [2.24, 2.45) is 39.7 Å². The van der Waals surface area contributed by atoms with Gasteiger partial charge in [-0.2, -0.15) is 0 Å². The number of rotatable bonds is 2. The van der Waals surface area contributed by atoms with E-state index in [4.69, 9.17) is 4.84 Å². The van der Waals surface area contributed by atoms with Crippen molar-refractivity contribution in [3.05, 3.63) is 12.2 Å². The van der Waals surface area contributed by atoms with E-state index in [-0.39, 0.29) is 11.5 Å². The van der Waals surface area contributed by atoms with Gasteiger partial charge in [0.2, 0.25) is 0 Å². The first-order valence-corrected chi connectivity index (χ1v) is 11.5. The van der Waals surface area contributed by atoms with Gasteiger partial charge in [-0.25, -0.2) is 0 Å². The third-order valence-corrected chi connectivity index (χ3v) is 9.52. The van der Waals surface area contributed by atoms with Crippen LogP contribution in [0.3, 0.4) is 0 Å². The summed E-state index contributed by atoms with van der Waals surface area (Å²) >= 11 is 0. The smallest absolute Gasteiger partial charge is 0.141 e. The molecular formula is C24H36N2O2. The van der Waals surface area contributed by atoms with Gasteiger partial charge in [0, 0.05) is 24.8 Å². The Balaban J connectivity index is 1.35. The van der Waals surface area contributed by atoms with Crippen molar-refractivity contribution in [3.63, 3.8) is 0 Å². The lowest BCUT2D eigenvalue weighted by Gasteiger charge is -2.60. The van der Waals surface area contributed by atoms with Crippen molar-refractivity contribution in [1.82, 2.24) is 5.32 Å². The SMILES string of the molecule is C=C1CC2C(CC[C@]3(C)C(=O)CCC23)[C@@]2(C)CCC(=NOC3CCNC3)CC12. The van der Waals surface area contributed by atoms with Crippen molar-refractivity contribution < 1.29 is 9.63 Å². The first-order chi connectivity index (χ1) is 13.4. The van der Waals surface area contributed by atoms with Gasteiger partial charge in [-0.1, -0.05) is 31.2 Å². The average molecular weight is 385 g/mol. The average Bonchev–Trinajstić information content (AvgIpc) is 3.29. The minimum Gasteiger partial charge on any atom is -0.391 e. The summed E-state index contributed by atoms with van der Waals surface area (Å²) < 4.78 is 0. The van der Waals surface area contributed by atoms with Crippen LogP contribution in [-0.4, -0.2) is 30.7 Å². The maximum atomic E-state index is 12.6. The molecule has 28 heavy (non-hydrogen) atoms. The Morgan fingerprint density at radius 1 is 1.11 bits per heavy atom. The van der Waals surface area contributed by atoms with Crippen molar-refractivity contribution in [3.8, 4) is 0 Å². The predicted octanol–water partition coefficient (Wildman–Crippen LogP) is 4.50. The van der Waals surface area contributed by atoms with E-state index in [1.807, 2.05) is 0 Å². The Hall–Kier alpha value is -1.16. The fourth-order valence-corrected chi connectivity index (χ4v) is 7.77. The summed E-state index contributed by atoms with van der Waals surface area (Å²) in [4.78, 5) is 18.5. The number of carbonyl (C=O) groups is 1. The summed E-state index contributed by atoms with van der Waals surface area (Å²) in [5, 5.41) is 7.93. The molecule has 0 aromatic rings. The van der Waals surface area contributed by atoms with Gasteiger partial charge in [0.25, 0.3) is 0 Å². The monoisotopic (exact) mass is 384 g/mol. The Labute approximate surface area is 169 Å². The zero-order valence-electron chi connectivity index (χ0n) is 17.6. The highest BCUT2D eigenvalue weighted by Gasteiger charge is 2.60. The maximum absolute atomic E-state index is 12.6. The number of fused-ring (bicyclic) bond motifs is 5. The summed E-state index contributed by atoms with van der Waals surface area (Å²) in [7, 11) is 0. The van der Waals surface area contributed by atoms with E-state index in [1.54, 1.807) is 0 Å². The quantitative estimate of drug-likeness (QED) is 0.563. The second kappa shape index (κ2) is 6.68. The van der Waals surface area contributed by atoms with Gasteiger partial charge in [0.1, 0.15) is 11.9 Å².